The number of carbonyl (C=O) groups excluding carboxylic acids is 3. The van der Waals surface area contributed by atoms with Crippen LogP contribution in [0.3, 0.4) is 0 Å². The number of esters is 1. The molecule has 4 aliphatic heterocycles. The number of piperidine rings is 1. The maximum atomic E-state index is 14.8. The summed E-state index contributed by atoms with van der Waals surface area (Å²) in [6.07, 6.45) is 7.05. The second-order valence-electron chi connectivity index (χ2n) is 17.8. The van der Waals surface area contributed by atoms with Gasteiger partial charge in [-0.3, -0.25) is 24.4 Å². The van der Waals surface area contributed by atoms with Gasteiger partial charge < -0.3 is 49.6 Å². The second kappa shape index (κ2) is 18.1. The number of anilines is 1. The van der Waals surface area contributed by atoms with Gasteiger partial charge in [-0.25, -0.2) is 0 Å². The van der Waals surface area contributed by atoms with E-state index in [1.807, 2.05) is 0 Å². The molecule has 15 nitrogen and oxygen atoms in total. The minimum absolute atomic E-state index is 0.0385. The van der Waals surface area contributed by atoms with Crippen molar-refractivity contribution in [3.8, 4) is 17.2 Å². The first-order chi connectivity index (χ1) is 29.2. The molecule has 2 aromatic rings. The molecular formula is C47H64N4O11. The molecule has 0 saturated carbocycles. The number of ketones is 1. The van der Waals surface area contributed by atoms with Crippen molar-refractivity contribution in [2.24, 2.45) is 33.7 Å². The lowest BCUT2D eigenvalue weighted by Crippen LogP contribution is -2.46. The fourth-order valence-electron chi connectivity index (χ4n) is 9.64. The maximum absolute atomic E-state index is 14.8. The molecule has 1 amide bonds. The summed E-state index contributed by atoms with van der Waals surface area (Å²) in [5, 5.41) is 50.3. The number of aromatic hydroxyl groups is 2. The van der Waals surface area contributed by atoms with Gasteiger partial charge in [-0.05, 0) is 32.8 Å². The smallest absolute Gasteiger partial charge is 0.312 e. The monoisotopic (exact) mass is 860 g/mol. The molecule has 62 heavy (non-hydrogen) atoms. The minimum atomic E-state index is -1.96. The van der Waals surface area contributed by atoms with E-state index in [4.69, 9.17) is 28.9 Å². The fraction of sp³-hybridized carbons (Fsp3) is 0.596. The number of phenols is 2. The molecule has 15 heteroatoms. The number of hydrogen-bond acceptors (Lipinski definition) is 14. The Hall–Kier alpha value is -4.83. The maximum Gasteiger partial charge on any atom is 0.312 e. The van der Waals surface area contributed by atoms with E-state index in [1.165, 1.54) is 27.2 Å². The van der Waals surface area contributed by atoms with Gasteiger partial charge in [0.05, 0.1) is 40.9 Å². The zero-order valence-electron chi connectivity index (χ0n) is 37.8. The number of fused-ring (bicyclic) bond motifs is 1. The van der Waals surface area contributed by atoms with Crippen molar-refractivity contribution in [2.75, 3.05) is 25.5 Å². The number of aliphatic hydroxyl groups is 2. The average Bonchev–Trinajstić information content (AvgIpc) is 3.74. The molecule has 0 aromatic heterocycles. The van der Waals surface area contributed by atoms with Gasteiger partial charge in [0.15, 0.2) is 11.4 Å². The summed E-state index contributed by atoms with van der Waals surface area (Å²) in [4.78, 5) is 53.9. The number of allylic oxidation sites excluding steroid dienone is 2. The van der Waals surface area contributed by atoms with Gasteiger partial charge in [0.25, 0.3) is 11.7 Å². The SMILES string of the molecule is CCC(CC)N1CCC2(CC1)N=c1c3c(O)c4c(O)c(C)c5c(c4c1=N2)C(=O)[C@@](C)(O/C=C/[C@H](OC)[C@@H](C)[C@@H](OC(C)=O)[C@H](C)[C@H](O)[C@H](C)[C@@H](O)[C@@H](C)/C=C/C=C(/C)C(=O)N3)O5. The van der Waals surface area contributed by atoms with E-state index in [0.717, 1.165) is 12.8 Å². The van der Waals surface area contributed by atoms with Gasteiger partial charge in [0.2, 0.25) is 0 Å². The zero-order valence-corrected chi connectivity index (χ0v) is 37.8. The molecule has 0 radical (unpaired) electrons. The summed E-state index contributed by atoms with van der Waals surface area (Å²) in [5.74, 6) is -6.90. The Morgan fingerprint density at radius 3 is 2.21 bits per heavy atom. The number of aliphatic hydroxyl groups excluding tert-OH is 2. The largest absolute Gasteiger partial charge is 0.507 e. The highest BCUT2D eigenvalue weighted by Crippen LogP contribution is 2.50. The van der Waals surface area contributed by atoms with E-state index in [2.05, 4.69) is 24.1 Å². The lowest BCUT2D eigenvalue weighted by molar-refractivity contribution is -0.160. The van der Waals surface area contributed by atoms with E-state index < -0.39 is 82.9 Å². The lowest BCUT2D eigenvalue weighted by atomic mass is 9.78. The summed E-state index contributed by atoms with van der Waals surface area (Å²) < 4.78 is 24.0. The van der Waals surface area contributed by atoms with Crippen molar-refractivity contribution in [2.45, 2.75) is 137 Å². The highest BCUT2D eigenvalue weighted by Gasteiger charge is 2.50. The number of nitrogens with zero attached hydrogens (tertiary/aromatic N) is 3. The Labute approximate surface area is 363 Å². The predicted molar refractivity (Wildman–Crippen MR) is 232 cm³/mol. The summed E-state index contributed by atoms with van der Waals surface area (Å²) in [6.45, 7) is 18.7. The van der Waals surface area contributed by atoms with Crippen LogP contribution in [0.15, 0.2) is 46.1 Å². The van der Waals surface area contributed by atoms with Crippen LogP contribution >= 0.6 is 0 Å². The third-order valence-electron chi connectivity index (χ3n) is 13.7. The van der Waals surface area contributed by atoms with Crippen molar-refractivity contribution >= 4 is 34.1 Å². The zero-order chi connectivity index (χ0) is 45.6. The summed E-state index contributed by atoms with van der Waals surface area (Å²) >= 11 is 0. The molecule has 1 fully saturated rings. The summed E-state index contributed by atoms with van der Waals surface area (Å²) in [5.41, 5.74) is -0.570. The molecule has 6 rings (SSSR count). The molecule has 4 heterocycles. The van der Waals surface area contributed by atoms with Crippen LogP contribution in [-0.4, -0.2) is 105 Å². The van der Waals surface area contributed by atoms with Crippen LogP contribution in [-0.2, 0) is 23.8 Å². The number of phenolic OH excluding ortho intramolecular Hbond substituents is 2. The standard InChI is InChI=1S/C47H64N4O11/c1-12-30(13-2)51-20-18-47(19-21-51)49-35-32-33-40(55)28(8)43-34(32)44(57)46(10,62-43)60-22-17-31(59-11)25(5)42(61-29(9)52)27(7)39(54)26(6)38(53)23(3)15-14-16-24(4)45(58)48-37(41(33)56)36(35)50-47/h14-17,22-23,25-27,30-31,38-39,42,53-56H,12-13,18-21H2,1-11H3,(H,48,58)/b15-14+,22-17+,24-16-/t23-,25+,26+,27+,31-,38-,39+,42+,46-/m0/s1. The number of hydrogen-bond donors (Lipinski definition) is 5. The quantitative estimate of drug-likeness (QED) is 0.192. The fourth-order valence-corrected chi connectivity index (χ4v) is 9.64. The Morgan fingerprint density at radius 1 is 0.952 bits per heavy atom. The van der Waals surface area contributed by atoms with Crippen molar-refractivity contribution in [1.82, 2.24) is 4.90 Å². The molecule has 4 bridgehead atoms. The Morgan fingerprint density at radius 2 is 1.60 bits per heavy atom. The molecule has 1 spiro atoms. The van der Waals surface area contributed by atoms with E-state index in [-0.39, 0.29) is 55.4 Å². The number of likely N-dealkylation sites (tertiary alicyclic amines) is 1. The van der Waals surface area contributed by atoms with E-state index >= 15 is 0 Å². The third-order valence-corrected chi connectivity index (χ3v) is 13.7. The van der Waals surface area contributed by atoms with Gasteiger partial charge in [-0.15, -0.1) is 0 Å². The first-order valence-electron chi connectivity index (χ1n) is 21.8. The van der Waals surface area contributed by atoms with Crippen molar-refractivity contribution in [3.63, 3.8) is 0 Å². The first kappa shape index (κ1) is 46.7. The van der Waals surface area contributed by atoms with Crippen LogP contribution in [0, 0.1) is 30.6 Å². The molecule has 1 saturated heterocycles. The predicted octanol–water partition coefficient (Wildman–Crippen LogP) is 5.28. The van der Waals surface area contributed by atoms with Crippen LogP contribution in [0.5, 0.6) is 17.2 Å². The summed E-state index contributed by atoms with van der Waals surface area (Å²) in [6, 6.07) is 0.402. The number of amides is 1. The van der Waals surface area contributed by atoms with Crippen LogP contribution in [0.4, 0.5) is 5.69 Å². The molecule has 2 aromatic carbocycles. The van der Waals surface area contributed by atoms with Gasteiger partial charge >= 0.3 is 11.8 Å². The number of carbonyl (C=O) groups is 3. The third kappa shape index (κ3) is 8.36. The number of ether oxygens (including phenoxy) is 4. The highest BCUT2D eigenvalue weighted by atomic mass is 16.7. The molecular weight excluding hydrogens is 797 g/mol. The van der Waals surface area contributed by atoms with Gasteiger partial charge in [-0.1, -0.05) is 59.8 Å². The number of Topliss-reactive ketones (excluding diaryl/α,β-unsaturated/α-hetero) is 1. The first-order valence-corrected chi connectivity index (χ1v) is 21.8. The van der Waals surface area contributed by atoms with E-state index in [1.54, 1.807) is 65.8 Å². The van der Waals surface area contributed by atoms with E-state index in [9.17, 15) is 34.8 Å². The molecule has 0 unspecified atom stereocenters. The number of benzene rings is 2. The molecule has 0 aliphatic carbocycles. The Kier molecular flexibility index (Phi) is 13.6. The minimum Gasteiger partial charge on any atom is -0.507 e. The van der Waals surface area contributed by atoms with Crippen LogP contribution < -0.4 is 20.8 Å². The van der Waals surface area contributed by atoms with Crippen LogP contribution in [0.25, 0.3) is 10.8 Å². The van der Waals surface area contributed by atoms with Crippen LogP contribution in [0.1, 0.15) is 104 Å². The molecule has 4 aliphatic rings. The second-order valence-corrected chi connectivity index (χ2v) is 17.8. The normalized spacial score (nSPS) is 32.3. The van der Waals surface area contributed by atoms with Gasteiger partial charge in [-0.2, -0.15) is 0 Å². The number of methoxy groups -OCH3 is 1. The van der Waals surface area contributed by atoms with Crippen molar-refractivity contribution in [3.05, 3.63) is 58.0 Å². The molecule has 5 N–H and O–H groups in total. The Bertz CT molecular complexity index is 2310. The van der Waals surface area contributed by atoms with Crippen LogP contribution in [0.2, 0.25) is 0 Å². The number of nitrogens with one attached hydrogen (secondary N) is 1. The highest BCUT2D eigenvalue weighted by molar-refractivity contribution is 6.19. The number of rotatable bonds is 5. The van der Waals surface area contributed by atoms with E-state index in [0.29, 0.717) is 32.0 Å². The molecule has 338 valence electrons. The Balaban J connectivity index is 1.54. The van der Waals surface area contributed by atoms with Crippen molar-refractivity contribution in [1.29, 1.82) is 0 Å². The van der Waals surface area contributed by atoms with Gasteiger partial charge in [0, 0.05) is 93.1 Å². The average molecular weight is 861 g/mol. The lowest BCUT2D eigenvalue weighted by Gasteiger charge is -2.39. The van der Waals surface area contributed by atoms with Crippen molar-refractivity contribution < 1.29 is 53.8 Å². The van der Waals surface area contributed by atoms with Gasteiger partial charge in [0.1, 0.15) is 28.6 Å². The summed E-state index contributed by atoms with van der Waals surface area (Å²) in [7, 11) is 1.47. The topological polar surface area (TPSA) is 209 Å². The molecule has 9 atom stereocenters.